The van der Waals surface area contributed by atoms with Crippen molar-refractivity contribution >= 4 is 34.7 Å². The van der Waals surface area contributed by atoms with Crippen molar-refractivity contribution in [3.63, 3.8) is 0 Å². The Morgan fingerprint density at radius 2 is 2.14 bits per heavy atom. The number of carbonyl (C=O) groups excluding carboxylic acids is 2. The van der Waals surface area contributed by atoms with E-state index in [1.54, 1.807) is 13.8 Å². The maximum Gasteiger partial charge on any atom is 0.307 e. The molecule has 0 atom stereocenters. The van der Waals surface area contributed by atoms with Crippen LogP contribution in [0.25, 0.3) is 11.1 Å². The van der Waals surface area contributed by atoms with Crippen LogP contribution in [-0.4, -0.2) is 35.3 Å². The van der Waals surface area contributed by atoms with Crippen LogP contribution in [0.15, 0.2) is 33.9 Å². The average molecular weight is 322 g/mol. The van der Waals surface area contributed by atoms with Gasteiger partial charge in [0.25, 0.3) is 5.22 Å². The molecular weight excluding hydrogens is 304 g/mol. The number of aromatic nitrogens is 1. The molecule has 0 fully saturated rings. The van der Waals surface area contributed by atoms with Gasteiger partial charge in [-0.3, -0.25) is 9.59 Å². The van der Waals surface area contributed by atoms with Crippen LogP contribution < -0.4 is 5.32 Å². The Morgan fingerprint density at radius 3 is 2.86 bits per heavy atom. The molecule has 1 N–H and O–H groups in total. The number of hydrogen-bond donors (Lipinski definition) is 1. The van der Waals surface area contributed by atoms with E-state index in [1.807, 2.05) is 24.3 Å². The van der Waals surface area contributed by atoms with Gasteiger partial charge in [-0.15, -0.1) is 0 Å². The molecule has 1 amide bonds. The highest BCUT2D eigenvalue weighted by Gasteiger charge is 2.10. The van der Waals surface area contributed by atoms with E-state index in [9.17, 15) is 9.59 Å². The molecule has 0 aliphatic rings. The van der Waals surface area contributed by atoms with E-state index in [-0.39, 0.29) is 36.7 Å². The number of amides is 1. The monoisotopic (exact) mass is 322 g/mol. The second-order valence-corrected chi connectivity index (χ2v) is 5.80. The van der Waals surface area contributed by atoms with Crippen molar-refractivity contribution in [1.82, 2.24) is 10.3 Å². The highest BCUT2D eigenvalue weighted by molar-refractivity contribution is 7.99. The van der Waals surface area contributed by atoms with Crippen molar-refractivity contribution in [3.05, 3.63) is 24.3 Å². The van der Waals surface area contributed by atoms with Gasteiger partial charge in [0.2, 0.25) is 5.91 Å². The number of benzene rings is 1. The maximum absolute atomic E-state index is 11.7. The van der Waals surface area contributed by atoms with Gasteiger partial charge < -0.3 is 14.5 Å². The summed E-state index contributed by atoms with van der Waals surface area (Å²) < 4.78 is 10.5. The summed E-state index contributed by atoms with van der Waals surface area (Å²) >= 11 is 1.22. The van der Waals surface area contributed by atoms with Gasteiger partial charge in [-0.2, -0.15) is 0 Å². The first kappa shape index (κ1) is 16.4. The van der Waals surface area contributed by atoms with Crippen LogP contribution in [0.4, 0.5) is 0 Å². The molecule has 1 aromatic heterocycles. The lowest BCUT2D eigenvalue weighted by Gasteiger charge is -2.08. The number of rotatable bonds is 7. The maximum atomic E-state index is 11.7. The number of nitrogens with one attached hydrogen (secondary N) is 1. The molecule has 0 aliphatic carbocycles. The summed E-state index contributed by atoms with van der Waals surface area (Å²) in [6.07, 6.45) is 0.0233. The molecule has 0 radical (unpaired) electrons. The van der Waals surface area contributed by atoms with Crippen molar-refractivity contribution in [2.24, 2.45) is 0 Å². The minimum atomic E-state index is -0.318. The molecule has 0 bridgehead atoms. The first-order valence-corrected chi connectivity index (χ1v) is 7.97. The first-order chi connectivity index (χ1) is 10.5. The number of thioether (sulfide) groups is 1. The number of para-hydroxylation sites is 2. The van der Waals surface area contributed by atoms with E-state index in [4.69, 9.17) is 9.15 Å². The Hall–Kier alpha value is -2.02. The van der Waals surface area contributed by atoms with Crippen LogP contribution in [-0.2, 0) is 14.3 Å². The SMILES string of the molecule is CC(C)OC(=O)CCNC(=O)CSc1nc2ccccc2o1. The van der Waals surface area contributed by atoms with Crippen molar-refractivity contribution < 1.29 is 18.7 Å². The molecule has 2 rings (SSSR count). The summed E-state index contributed by atoms with van der Waals surface area (Å²) in [6, 6.07) is 7.42. The van der Waals surface area contributed by atoms with Crippen LogP contribution in [0.3, 0.4) is 0 Å². The molecule has 1 aromatic carbocycles. The van der Waals surface area contributed by atoms with Gasteiger partial charge in [-0.05, 0) is 26.0 Å². The lowest BCUT2D eigenvalue weighted by Crippen LogP contribution is -2.28. The zero-order chi connectivity index (χ0) is 15.9. The van der Waals surface area contributed by atoms with E-state index >= 15 is 0 Å². The van der Waals surface area contributed by atoms with Crippen molar-refractivity contribution in [2.45, 2.75) is 31.6 Å². The third-order valence-corrected chi connectivity index (χ3v) is 3.45. The Labute approximate surface area is 132 Å². The molecule has 6 nitrogen and oxygen atoms in total. The zero-order valence-corrected chi connectivity index (χ0v) is 13.3. The summed E-state index contributed by atoms with van der Waals surface area (Å²) in [6.45, 7) is 3.83. The van der Waals surface area contributed by atoms with Gasteiger partial charge in [0.05, 0.1) is 18.3 Å². The van der Waals surface area contributed by atoms with E-state index < -0.39 is 0 Å². The number of ether oxygens (including phenoxy) is 1. The Balaban J connectivity index is 1.70. The van der Waals surface area contributed by atoms with Gasteiger partial charge in [0.15, 0.2) is 5.58 Å². The summed E-state index contributed by atoms with van der Waals surface area (Å²) in [5, 5.41) is 3.12. The zero-order valence-electron chi connectivity index (χ0n) is 12.5. The Kier molecular flexibility index (Phi) is 5.83. The van der Waals surface area contributed by atoms with Crippen molar-refractivity contribution in [2.75, 3.05) is 12.3 Å². The number of carbonyl (C=O) groups is 2. The van der Waals surface area contributed by atoms with Gasteiger partial charge in [0.1, 0.15) is 5.52 Å². The van der Waals surface area contributed by atoms with Crippen LogP contribution in [0.2, 0.25) is 0 Å². The smallest absolute Gasteiger partial charge is 0.307 e. The lowest BCUT2D eigenvalue weighted by molar-refractivity contribution is -0.147. The van der Waals surface area contributed by atoms with E-state index in [2.05, 4.69) is 10.3 Å². The molecule has 2 aromatic rings. The van der Waals surface area contributed by atoms with Gasteiger partial charge >= 0.3 is 5.97 Å². The standard InChI is InChI=1S/C15H18N2O4S/c1-10(2)20-14(19)7-8-16-13(18)9-22-15-17-11-5-3-4-6-12(11)21-15/h3-6,10H,7-9H2,1-2H3,(H,16,18). The minimum absolute atomic E-state index is 0.141. The predicted octanol–water partition coefficient (Wildman–Crippen LogP) is 2.38. The number of nitrogens with zero attached hydrogens (tertiary/aromatic N) is 1. The number of hydrogen-bond acceptors (Lipinski definition) is 6. The molecule has 0 spiro atoms. The normalized spacial score (nSPS) is 10.9. The second kappa shape index (κ2) is 7.84. The molecule has 118 valence electrons. The number of fused-ring (bicyclic) bond motifs is 1. The summed E-state index contributed by atoms with van der Waals surface area (Å²) in [5.41, 5.74) is 1.46. The van der Waals surface area contributed by atoms with E-state index in [0.29, 0.717) is 10.8 Å². The van der Waals surface area contributed by atoms with Crippen molar-refractivity contribution in [1.29, 1.82) is 0 Å². The third kappa shape index (κ3) is 5.07. The van der Waals surface area contributed by atoms with Crippen LogP contribution in [0.1, 0.15) is 20.3 Å². The van der Waals surface area contributed by atoms with E-state index in [1.165, 1.54) is 11.8 Å². The average Bonchev–Trinajstić information content (AvgIpc) is 2.87. The van der Waals surface area contributed by atoms with E-state index in [0.717, 1.165) is 5.52 Å². The van der Waals surface area contributed by atoms with Crippen LogP contribution in [0, 0.1) is 0 Å². The molecule has 0 aliphatic heterocycles. The molecule has 22 heavy (non-hydrogen) atoms. The fourth-order valence-electron chi connectivity index (χ4n) is 1.72. The largest absolute Gasteiger partial charge is 0.463 e. The lowest BCUT2D eigenvalue weighted by atomic mass is 10.3. The Morgan fingerprint density at radius 1 is 1.36 bits per heavy atom. The second-order valence-electron chi connectivity index (χ2n) is 4.87. The molecule has 0 saturated carbocycles. The molecule has 7 heteroatoms. The first-order valence-electron chi connectivity index (χ1n) is 6.99. The number of oxazole rings is 1. The minimum Gasteiger partial charge on any atom is -0.463 e. The third-order valence-electron chi connectivity index (χ3n) is 2.62. The van der Waals surface area contributed by atoms with Crippen LogP contribution >= 0.6 is 11.8 Å². The molecule has 0 unspecified atom stereocenters. The highest BCUT2D eigenvalue weighted by atomic mass is 32.2. The van der Waals surface area contributed by atoms with Gasteiger partial charge in [-0.1, -0.05) is 23.9 Å². The fourth-order valence-corrected chi connectivity index (χ4v) is 2.39. The number of esters is 1. The van der Waals surface area contributed by atoms with Gasteiger partial charge in [0, 0.05) is 6.54 Å². The quantitative estimate of drug-likeness (QED) is 0.622. The fraction of sp³-hybridized carbons (Fsp3) is 0.400. The van der Waals surface area contributed by atoms with Crippen LogP contribution in [0.5, 0.6) is 0 Å². The summed E-state index contributed by atoms with van der Waals surface area (Å²) in [7, 11) is 0. The molecule has 1 heterocycles. The summed E-state index contributed by atoms with van der Waals surface area (Å²) in [5.74, 6) is -0.307. The summed E-state index contributed by atoms with van der Waals surface area (Å²) in [4.78, 5) is 27.3. The topological polar surface area (TPSA) is 81.4 Å². The highest BCUT2D eigenvalue weighted by Crippen LogP contribution is 2.22. The Bertz CT molecular complexity index is 621. The van der Waals surface area contributed by atoms with Gasteiger partial charge in [-0.25, -0.2) is 4.98 Å². The predicted molar refractivity (Wildman–Crippen MR) is 83.6 cm³/mol. The van der Waals surface area contributed by atoms with Crippen molar-refractivity contribution in [3.8, 4) is 0 Å². The molecular formula is C15H18N2O4S. The molecule has 0 saturated heterocycles.